The van der Waals surface area contributed by atoms with Gasteiger partial charge in [0, 0.05) is 30.3 Å². The fourth-order valence-electron chi connectivity index (χ4n) is 2.09. The second kappa shape index (κ2) is 7.06. The van der Waals surface area contributed by atoms with Gasteiger partial charge in [0.1, 0.15) is 0 Å². The zero-order valence-electron chi connectivity index (χ0n) is 11.2. The normalized spacial score (nSPS) is 14.2. The van der Waals surface area contributed by atoms with Crippen LogP contribution in [0.4, 0.5) is 5.69 Å². The molecule has 0 spiro atoms. The van der Waals surface area contributed by atoms with Gasteiger partial charge < -0.3 is 5.32 Å². The van der Waals surface area contributed by atoms with E-state index in [9.17, 15) is 10.1 Å². The number of aromatic nitrogens is 1. The zero-order valence-corrected chi connectivity index (χ0v) is 11.2. The molecule has 0 aliphatic carbocycles. The number of hydrogen-bond acceptors (Lipinski definition) is 4. The molecule has 5 nitrogen and oxygen atoms in total. The molecule has 0 aromatic carbocycles. The van der Waals surface area contributed by atoms with Gasteiger partial charge in [0.25, 0.3) is 5.69 Å². The highest BCUT2D eigenvalue weighted by atomic mass is 16.6. The smallest absolute Gasteiger partial charge is 0.272 e. The number of nitro groups is 1. The average Bonchev–Trinajstić information content (AvgIpc) is 2.37. The Kier molecular flexibility index (Phi) is 5.71. The Balaban J connectivity index is 2.87. The van der Waals surface area contributed by atoms with Gasteiger partial charge in [-0.05, 0) is 26.3 Å². The molecule has 0 amide bonds. The largest absolute Gasteiger partial charge is 0.314 e. The Bertz CT molecular complexity index is 396. The van der Waals surface area contributed by atoms with Gasteiger partial charge in [-0.1, -0.05) is 13.8 Å². The van der Waals surface area contributed by atoms with Crippen molar-refractivity contribution in [3.8, 4) is 0 Å². The minimum atomic E-state index is -0.373. The SMILES string of the molecule is CCCNC(C)C(CC)c1cc([N+](=O)[O-])ccn1. The fourth-order valence-corrected chi connectivity index (χ4v) is 2.09. The van der Waals surface area contributed by atoms with Crippen molar-refractivity contribution in [1.29, 1.82) is 0 Å². The summed E-state index contributed by atoms with van der Waals surface area (Å²) in [5, 5.41) is 14.2. The molecule has 1 aromatic heterocycles. The zero-order chi connectivity index (χ0) is 13.5. The molecule has 1 aromatic rings. The van der Waals surface area contributed by atoms with E-state index in [1.807, 2.05) is 0 Å². The van der Waals surface area contributed by atoms with Crippen LogP contribution in [-0.2, 0) is 0 Å². The lowest BCUT2D eigenvalue weighted by Crippen LogP contribution is -2.32. The summed E-state index contributed by atoms with van der Waals surface area (Å²) in [6.07, 6.45) is 3.50. The van der Waals surface area contributed by atoms with Crippen LogP contribution in [0.5, 0.6) is 0 Å². The maximum Gasteiger partial charge on any atom is 0.272 e. The highest BCUT2D eigenvalue weighted by molar-refractivity contribution is 5.31. The first kappa shape index (κ1) is 14.6. The Morgan fingerprint density at radius 2 is 2.22 bits per heavy atom. The molecule has 2 atom stereocenters. The third-order valence-corrected chi connectivity index (χ3v) is 3.12. The van der Waals surface area contributed by atoms with E-state index in [0.29, 0.717) is 0 Å². The topological polar surface area (TPSA) is 68.1 Å². The Labute approximate surface area is 108 Å². The monoisotopic (exact) mass is 251 g/mol. The van der Waals surface area contributed by atoms with Crippen molar-refractivity contribution in [1.82, 2.24) is 10.3 Å². The molecule has 0 saturated carbocycles. The summed E-state index contributed by atoms with van der Waals surface area (Å²) < 4.78 is 0. The van der Waals surface area contributed by atoms with E-state index in [1.165, 1.54) is 12.3 Å². The van der Waals surface area contributed by atoms with Crippen LogP contribution >= 0.6 is 0 Å². The molecule has 2 unspecified atom stereocenters. The van der Waals surface area contributed by atoms with E-state index >= 15 is 0 Å². The Morgan fingerprint density at radius 1 is 1.50 bits per heavy atom. The molecule has 0 fully saturated rings. The number of hydrogen-bond donors (Lipinski definition) is 1. The van der Waals surface area contributed by atoms with Crippen LogP contribution in [0.1, 0.15) is 45.2 Å². The summed E-state index contributed by atoms with van der Waals surface area (Å²) in [5.41, 5.74) is 0.906. The van der Waals surface area contributed by atoms with Gasteiger partial charge in [0.05, 0.1) is 10.6 Å². The lowest BCUT2D eigenvalue weighted by molar-refractivity contribution is -0.385. The molecule has 0 aliphatic rings. The van der Waals surface area contributed by atoms with Crippen molar-refractivity contribution < 1.29 is 4.92 Å². The maximum absolute atomic E-state index is 10.8. The number of nitrogens with zero attached hydrogens (tertiary/aromatic N) is 2. The average molecular weight is 251 g/mol. The minimum Gasteiger partial charge on any atom is -0.314 e. The number of nitrogens with one attached hydrogen (secondary N) is 1. The third kappa shape index (κ3) is 3.77. The van der Waals surface area contributed by atoms with Gasteiger partial charge in [-0.2, -0.15) is 0 Å². The molecule has 1 rings (SSSR count). The summed E-state index contributed by atoms with van der Waals surface area (Å²) >= 11 is 0. The van der Waals surface area contributed by atoms with Crippen molar-refractivity contribution in [3.63, 3.8) is 0 Å². The summed E-state index contributed by atoms with van der Waals surface area (Å²) in [7, 11) is 0. The van der Waals surface area contributed by atoms with E-state index < -0.39 is 0 Å². The first-order chi connectivity index (χ1) is 8.60. The lowest BCUT2D eigenvalue weighted by atomic mass is 9.93. The van der Waals surface area contributed by atoms with Crippen molar-refractivity contribution in [2.45, 2.75) is 45.6 Å². The molecule has 0 aliphatic heterocycles. The predicted octanol–water partition coefficient (Wildman–Crippen LogP) is 2.87. The minimum absolute atomic E-state index is 0.112. The number of rotatable bonds is 7. The van der Waals surface area contributed by atoms with Gasteiger partial charge in [-0.15, -0.1) is 0 Å². The van der Waals surface area contributed by atoms with Crippen molar-refractivity contribution >= 4 is 5.69 Å². The maximum atomic E-state index is 10.8. The quantitative estimate of drug-likeness (QED) is 0.597. The molecule has 100 valence electrons. The third-order valence-electron chi connectivity index (χ3n) is 3.12. The van der Waals surface area contributed by atoms with Crippen LogP contribution in [0.15, 0.2) is 18.3 Å². The van der Waals surface area contributed by atoms with Gasteiger partial charge in [-0.25, -0.2) is 0 Å². The molecule has 1 N–H and O–H groups in total. The summed E-state index contributed by atoms with van der Waals surface area (Å²) in [6.45, 7) is 7.25. The molecule has 18 heavy (non-hydrogen) atoms. The van der Waals surface area contributed by atoms with Gasteiger partial charge in [0.15, 0.2) is 0 Å². The van der Waals surface area contributed by atoms with Gasteiger partial charge >= 0.3 is 0 Å². The standard InChI is InChI=1S/C13H21N3O2/c1-4-7-14-10(3)12(5-2)13-9-11(16(17)18)6-8-15-13/h6,8-10,12,14H,4-5,7H2,1-3H3. The van der Waals surface area contributed by atoms with E-state index in [1.54, 1.807) is 6.07 Å². The summed E-state index contributed by atoms with van der Waals surface area (Å²) in [4.78, 5) is 14.7. The first-order valence-corrected chi connectivity index (χ1v) is 6.43. The Hall–Kier alpha value is -1.49. The van der Waals surface area contributed by atoms with Crippen LogP contribution in [-0.4, -0.2) is 22.5 Å². The highest BCUT2D eigenvalue weighted by Crippen LogP contribution is 2.24. The van der Waals surface area contributed by atoms with Crippen LogP contribution in [0.3, 0.4) is 0 Å². The predicted molar refractivity (Wildman–Crippen MR) is 71.7 cm³/mol. The molecule has 5 heteroatoms. The molecular formula is C13H21N3O2. The van der Waals surface area contributed by atoms with Gasteiger partial charge in [0.2, 0.25) is 0 Å². The van der Waals surface area contributed by atoms with E-state index in [-0.39, 0.29) is 22.6 Å². The van der Waals surface area contributed by atoms with Crippen molar-refractivity contribution in [2.24, 2.45) is 0 Å². The Morgan fingerprint density at radius 3 is 2.78 bits per heavy atom. The highest BCUT2D eigenvalue weighted by Gasteiger charge is 2.20. The molecule has 1 heterocycles. The molecular weight excluding hydrogens is 230 g/mol. The van der Waals surface area contributed by atoms with E-state index in [4.69, 9.17) is 0 Å². The fraction of sp³-hybridized carbons (Fsp3) is 0.615. The molecule has 0 bridgehead atoms. The second-order valence-corrected chi connectivity index (χ2v) is 4.45. The van der Waals surface area contributed by atoms with Gasteiger partial charge in [-0.3, -0.25) is 15.1 Å². The molecule has 0 radical (unpaired) electrons. The van der Waals surface area contributed by atoms with Crippen LogP contribution in [0, 0.1) is 10.1 Å². The first-order valence-electron chi connectivity index (χ1n) is 6.43. The van der Waals surface area contributed by atoms with Crippen LogP contribution < -0.4 is 5.32 Å². The van der Waals surface area contributed by atoms with Crippen LogP contribution in [0.2, 0.25) is 0 Å². The van der Waals surface area contributed by atoms with Crippen molar-refractivity contribution in [3.05, 3.63) is 34.1 Å². The second-order valence-electron chi connectivity index (χ2n) is 4.45. The van der Waals surface area contributed by atoms with Crippen LogP contribution in [0.25, 0.3) is 0 Å². The number of pyridine rings is 1. The summed E-state index contributed by atoms with van der Waals surface area (Å²) in [6, 6.07) is 3.28. The van der Waals surface area contributed by atoms with E-state index in [0.717, 1.165) is 25.1 Å². The van der Waals surface area contributed by atoms with Crippen molar-refractivity contribution in [2.75, 3.05) is 6.54 Å². The van der Waals surface area contributed by atoms with E-state index in [2.05, 4.69) is 31.1 Å². The summed E-state index contributed by atoms with van der Waals surface area (Å²) in [5.74, 6) is 0.205. The lowest BCUT2D eigenvalue weighted by Gasteiger charge is -2.23. The molecule has 0 saturated heterocycles.